The van der Waals surface area contributed by atoms with Crippen molar-refractivity contribution >= 4 is 34.3 Å². The van der Waals surface area contributed by atoms with Crippen molar-refractivity contribution in [1.82, 2.24) is 24.9 Å². The van der Waals surface area contributed by atoms with E-state index in [9.17, 15) is 4.79 Å². The monoisotopic (exact) mass is 482 g/mol. The summed E-state index contributed by atoms with van der Waals surface area (Å²) in [7, 11) is 1.65. The normalized spacial score (nSPS) is 10.9. The first-order valence-corrected chi connectivity index (χ1v) is 11.4. The number of fused-ring (bicyclic) bond motifs is 1. The van der Waals surface area contributed by atoms with Gasteiger partial charge in [-0.15, -0.1) is 0 Å². The van der Waals surface area contributed by atoms with Crippen LogP contribution in [0.15, 0.2) is 71.5 Å². The molecule has 0 aliphatic heterocycles. The average molecular weight is 483 g/mol. The van der Waals surface area contributed by atoms with Gasteiger partial charge in [0.2, 0.25) is 11.9 Å². The lowest BCUT2D eigenvalue weighted by Crippen LogP contribution is -2.24. The number of hydrogen-bond donors (Lipinski definition) is 4. The number of anilines is 4. The zero-order valence-corrected chi connectivity index (χ0v) is 19.9. The molecule has 0 amide bonds. The Kier molecular flexibility index (Phi) is 6.23. The summed E-state index contributed by atoms with van der Waals surface area (Å²) in [5.74, 6) is 1.76. The van der Waals surface area contributed by atoms with Crippen LogP contribution in [0.4, 0.5) is 23.3 Å². The summed E-state index contributed by atoms with van der Waals surface area (Å²) in [6.07, 6.45) is 0. The third-order valence-corrected chi connectivity index (χ3v) is 5.76. The number of imidazole rings is 1. The Bertz CT molecular complexity index is 1560. The number of nitrogen functional groups attached to an aromatic ring is 1. The highest BCUT2D eigenvalue weighted by Gasteiger charge is 2.16. The number of nitrogens with one attached hydrogen (secondary N) is 3. The van der Waals surface area contributed by atoms with Crippen molar-refractivity contribution in [2.45, 2.75) is 20.0 Å². The molecule has 10 nitrogen and oxygen atoms in total. The highest BCUT2D eigenvalue weighted by molar-refractivity contribution is 5.79. The van der Waals surface area contributed by atoms with Gasteiger partial charge in [-0.05, 0) is 43.3 Å². The van der Waals surface area contributed by atoms with Crippen LogP contribution in [0.5, 0.6) is 5.75 Å². The second-order valence-corrected chi connectivity index (χ2v) is 8.40. The Balaban J connectivity index is 1.49. The highest BCUT2D eigenvalue weighted by Crippen LogP contribution is 2.26. The van der Waals surface area contributed by atoms with Crippen LogP contribution in [0.1, 0.15) is 17.0 Å². The molecule has 3 aromatic carbocycles. The Labute approximate surface area is 207 Å². The van der Waals surface area contributed by atoms with E-state index in [0.717, 1.165) is 33.8 Å². The lowest BCUT2D eigenvalue weighted by atomic mass is 10.1. The van der Waals surface area contributed by atoms with Crippen LogP contribution in [-0.4, -0.2) is 32.0 Å². The van der Waals surface area contributed by atoms with E-state index in [1.165, 1.54) is 0 Å². The van der Waals surface area contributed by atoms with Gasteiger partial charge in [-0.25, -0.2) is 4.79 Å². The molecule has 0 radical (unpaired) electrons. The summed E-state index contributed by atoms with van der Waals surface area (Å²) in [6, 6.07) is 21.5. The summed E-state index contributed by atoms with van der Waals surface area (Å²) >= 11 is 0. The fraction of sp³-hybridized carbons (Fsp3) is 0.154. The minimum atomic E-state index is -0.254. The van der Waals surface area contributed by atoms with E-state index < -0.39 is 0 Å². The van der Waals surface area contributed by atoms with Gasteiger partial charge in [0.15, 0.2) is 5.82 Å². The summed E-state index contributed by atoms with van der Waals surface area (Å²) in [5.41, 5.74) is 11.1. The quantitative estimate of drug-likeness (QED) is 0.261. The predicted molar refractivity (Wildman–Crippen MR) is 141 cm³/mol. The van der Waals surface area contributed by atoms with Gasteiger partial charge in [0.1, 0.15) is 5.75 Å². The SMILES string of the molecule is COc1ccccc1CN(Cc1nc(N)nc(Nc2ccc(C)cc2)n1)c1ccc2[nH]c(=O)[nH]c2c1. The van der Waals surface area contributed by atoms with Crippen LogP contribution in [0, 0.1) is 6.92 Å². The number of rotatable bonds is 8. The van der Waals surface area contributed by atoms with E-state index in [-0.39, 0.29) is 11.6 Å². The van der Waals surface area contributed by atoms with Gasteiger partial charge in [0, 0.05) is 23.5 Å². The Hall–Kier alpha value is -4.86. The van der Waals surface area contributed by atoms with Gasteiger partial charge in [0.25, 0.3) is 0 Å². The summed E-state index contributed by atoms with van der Waals surface area (Å²) in [6.45, 7) is 2.88. The fourth-order valence-corrected chi connectivity index (χ4v) is 4.00. The van der Waals surface area contributed by atoms with E-state index in [0.29, 0.717) is 30.4 Å². The van der Waals surface area contributed by atoms with Crippen molar-refractivity contribution in [3.63, 3.8) is 0 Å². The second-order valence-electron chi connectivity index (χ2n) is 8.40. The molecule has 2 heterocycles. The molecule has 0 spiro atoms. The zero-order valence-electron chi connectivity index (χ0n) is 19.9. The molecule has 0 bridgehead atoms. The molecule has 0 unspecified atom stereocenters. The maximum absolute atomic E-state index is 11.8. The molecule has 10 heteroatoms. The van der Waals surface area contributed by atoms with Crippen molar-refractivity contribution in [2.75, 3.05) is 23.1 Å². The minimum absolute atomic E-state index is 0.122. The summed E-state index contributed by atoms with van der Waals surface area (Å²) < 4.78 is 5.57. The molecule has 0 aliphatic carbocycles. The number of nitrogens with zero attached hydrogens (tertiary/aromatic N) is 4. The average Bonchev–Trinajstić information content (AvgIpc) is 3.24. The largest absolute Gasteiger partial charge is 0.496 e. The number of ether oxygens (including phenoxy) is 1. The number of para-hydroxylation sites is 1. The minimum Gasteiger partial charge on any atom is -0.496 e. The summed E-state index contributed by atoms with van der Waals surface area (Å²) in [4.78, 5) is 32.7. The molecule has 5 rings (SSSR count). The molecule has 0 atom stereocenters. The van der Waals surface area contributed by atoms with Gasteiger partial charge < -0.3 is 30.7 Å². The molecule has 0 aliphatic rings. The Morgan fingerprint density at radius 2 is 1.72 bits per heavy atom. The van der Waals surface area contributed by atoms with Gasteiger partial charge in [-0.1, -0.05) is 35.9 Å². The number of aromatic nitrogens is 5. The standard InChI is InChI=1S/C26H26N8O2/c1-16-7-9-18(10-8-16)28-25-32-23(31-24(27)33-25)15-34(14-17-5-3-4-6-22(17)36-2)19-11-12-20-21(13-19)30-26(35)29-20/h3-13H,14-15H2,1-2H3,(H2,29,30,35)(H3,27,28,31,32,33). The first kappa shape index (κ1) is 22.9. The molecule has 0 saturated carbocycles. The zero-order chi connectivity index (χ0) is 25.1. The number of benzene rings is 3. The van der Waals surface area contributed by atoms with Gasteiger partial charge in [-0.3, -0.25) is 0 Å². The molecule has 5 N–H and O–H groups in total. The van der Waals surface area contributed by atoms with Crippen molar-refractivity contribution in [1.29, 1.82) is 0 Å². The number of nitrogens with two attached hydrogens (primary N) is 1. The van der Waals surface area contributed by atoms with Gasteiger partial charge >= 0.3 is 5.69 Å². The third-order valence-electron chi connectivity index (χ3n) is 5.76. The van der Waals surface area contributed by atoms with Crippen LogP contribution in [0.2, 0.25) is 0 Å². The number of hydrogen-bond acceptors (Lipinski definition) is 8. The van der Waals surface area contributed by atoms with E-state index in [2.05, 4.69) is 35.1 Å². The Morgan fingerprint density at radius 3 is 2.53 bits per heavy atom. The Morgan fingerprint density at radius 1 is 0.944 bits per heavy atom. The molecular formula is C26H26N8O2. The molecular weight excluding hydrogens is 456 g/mol. The van der Waals surface area contributed by atoms with Crippen LogP contribution < -0.4 is 26.4 Å². The maximum atomic E-state index is 11.8. The van der Waals surface area contributed by atoms with Crippen LogP contribution in [0.3, 0.4) is 0 Å². The van der Waals surface area contributed by atoms with Crippen molar-refractivity contribution in [2.24, 2.45) is 0 Å². The molecule has 0 saturated heterocycles. The maximum Gasteiger partial charge on any atom is 0.323 e. The first-order valence-electron chi connectivity index (χ1n) is 11.4. The smallest absolute Gasteiger partial charge is 0.323 e. The number of aromatic amines is 2. The summed E-state index contributed by atoms with van der Waals surface area (Å²) in [5, 5.41) is 3.20. The van der Waals surface area contributed by atoms with Crippen LogP contribution in [0.25, 0.3) is 11.0 Å². The lowest BCUT2D eigenvalue weighted by molar-refractivity contribution is 0.409. The third kappa shape index (κ3) is 5.12. The number of methoxy groups -OCH3 is 1. The van der Waals surface area contributed by atoms with E-state index in [4.69, 9.17) is 10.5 Å². The van der Waals surface area contributed by atoms with Crippen LogP contribution >= 0.6 is 0 Å². The molecule has 2 aromatic heterocycles. The predicted octanol–water partition coefficient (Wildman–Crippen LogP) is 3.89. The molecule has 182 valence electrons. The fourth-order valence-electron chi connectivity index (χ4n) is 4.00. The second kappa shape index (κ2) is 9.79. The van der Waals surface area contributed by atoms with Crippen LogP contribution in [-0.2, 0) is 13.1 Å². The molecule has 5 aromatic rings. The topological polar surface area (TPSA) is 138 Å². The molecule has 0 fully saturated rings. The van der Waals surface area contributed by atoms with E-state index >= 15 is 0 Å². The van der Waals surface area contributed by atoms with Crippen molar-refractivity contribution in [3.8, 4) is 5.75 Å². The number of H-pyrrole nitrogens is 2. The van der Waals surface area contributed by atoms with Crippen molar-refractivity contribution < 1.29 is 4.74 Å². The first-order chi connectivity index (χ1) is 17.5. The van der Waals surface area contributed by atoms with Gasteiger partial charge in [-0.2, -0.15) is 15.0 Å². The molecule has 36 heavy (non-hydrogen) atoms. The number of aryl methyl sites for hydroxylation is 1. The highest BCUT2D eigenvalue weighted by atomic mass is 16.5. The van der Waals surface area contributed by atoms with Gasteiger partial charge in [0.05, 0.1) is 24.7 Å². The van der Waals surface area contributed by atoms with Crippen molar-refractivity contribution in [3.05, 3.63) is 94.2 Å². The lowest BCUT2D eigenvalue weighted by Gasteiger charge is -2.25. The van der Waals surface area contributed by atoms with E-state index in [1.54, 1.807) is 7.11 Å². The van der Waals surface area contributed by atoms with E-state index in [1.807, 2.05) is 73.7 Å².